The molecule has 1 rings (SSSR count). The van der Waals surface area contributed by atoms with E-state index in [2.05, 4.69) is 5.32 Å². The van der Waals surface area contributed by atoms with Gasteiger partial charge in [-0.2, -0.15) is 0 Å². The van der Waals surface area contributed by atoms with E-state index < -0.39 is 0 Å². The third kappa shape index (κ3) is 9.25. The van der Waals surface area contributed by atoms with Gasteiger partial charge in [-0.25, -0.2) is 0 Å². The van der Waals surface area contributed by atoms with E-state index in [0.717, 1.165) is 25.9 Å². The van der Waals surface area contributed by atoms with E-state index in [1.54, 1.807) is 6.92 Å². The summed E-state index contributed by atoms with van der Waals surface area (Å²) >= 11 is 0. The minimum atomic E-state index is -0.219. The standard InChI is InChI=1S/C14H27NO5/c1-2-19-14(16)5-8-17-9-10-18-11-12-20-13-3-6-15-7-4-13/h13,15H,2-12H2,1H3. The second kappa shape index (κ2) is 12.1. The van der Waals surface area contributed by atoms with Gasteiger partial charge >= 0.3 is 5.97 Å². The van der Waals surface area contributed by atoms with Crippen molar-refractivity contribution in [3.63, 3.8) is 0 Å². The average molecular weight is 289 g/mol. The van der Waals surface area contributed by atoms with Gasteiger partial charge in [-0.05, 0) is 32.9 Å². The fourth-order valence-corrected chi connectivity index (χ4v) is 1.95. The molecular weight excluding hydrogens is 262 g/mol. The fraction of sp³-hybridized carbons (Fsp3) is 0.929. The molecule has 0 aliphatic carbocycles. The highest BCUT2D eigenvalue weighted by Crippen LogP contribution is 2.06. The Labute approximate surface area is 121 Å². The minimum absolute atomic E-state index is 0.219. The normalized spacial score (nSPS) is 16.2. The molecule has 6 nitrogen and oxygen atoms in total. The first-order chi connectivity index (χ1) is 9.83. The topological polar surface area (TPSA) is 66.0 Å². The van der Waals surface area contributed by atoms with E-state index in [0.29, 0.717) is 52.2 Å². The molecule has 1 fully saturated rings. The van der Waals surface area contributed by atoms with Crippen LogP contribution in [0.25, 0.3) is 0 Å². The summed E-state index contributed by atoms with van der Waals surface area (Å²) in [5.74, 6) is -0.219. The van der Waals surface area contributed by atoms with Gasteiger partial charge in [0, 0.05) is 0 Å². The van der Waals surface area contributed by atoms with Crippen molar-refractivity contribution < 1.29 is 23.7 Å². The molecule has 0 bridgehead atoms. The van der Waals surface area contributed by atoms with E-state index in [1.807, 2.05) is 0 Å². The maximum Gasteiger partial charge on any atom is 0.308 e. The Hall–Kier alpha value is -0.690. The van der Waals surface area contributed by atoms with Crippen molar-refractivity contribution in [3.8, 4) is 0 Å². The first kappa shape index (κ1) is 17.4. The second-order valence-electron chi connectivity index (χ2n) is 4.60. The molecule has 20 heavy (non-hydrogen) atoms. The van der Waals surface area contributed by atoms with Crippen molar-refractivity contribution >= 4 is 5.97 Å². The van der Waals surface area contributed by atoms with Gasteiger partial charge in [0.25, 0.3) is 0 Å². The monoisotopic (exact) mass is 289 g/mol. The molecular formula is C14H27NO5. The lowest BCUT2D eigenvalue weighted by Crippen LogP contribution is -2.33. The maximum atomic E-state index is 11.0. The highest BCUT2D eigenvalue weighted by molar-refractivity contribution is 5.69. The molecule has 6 heteroatoms. The zero-order chi connectivity index (χ0) is 14.5. The van der Waals surface area contributed by atoms with Crippen LogP contribution >= 0.6 is 0 Å². The van der Waals surface area contributed by atoms with E-state index in [9.17, 15) is 4.79 Å². The molecule has 0 spiro atoms. The van der Waals surface area contributed by atoms with Gasteiger partial charge in [0.15, 0.2) is 0 Å². The van der Waals surface area contributed by atoms with Crippen LogP contribution in [0.2, 0.25) is 0 Å². The molecule has 1 aliphatic rings. The molecule has 0 amide bonds. The van der Waals surface area contributed by atoms with E-state index in [1.165, 1.54) is 0 Å². The Kier molecular flexibility index (Phi) is 10.5. The molecule has 1 saturated heterocycles. The number of rotatable bonds is 11. The first-order valence-electron chi connectivity index (χ1n) is 7.46. The summed E-state index contributed by atoms with van der Waals surface area (Å²) in [5, 5.41) is 3.30. The summed E-state index contributed by atoms with van der Waals surface area (Å²) in [5.41, 5.74) is 0. The van der Waals surface area contributed by atoms with Crippen LogP contribution in [-0.2, 0) is 23.7 Å². The van der Waals surface area contributed by atoms with Gasteiger partial charge < -0.3 is 24.3 Å². The largest absolute Gasteiger partial charge is 0.466 e. The van der Waals surface area contributed by atoms with Gasteiger partial charge in [-0.1, -0.05) is 0 Å². The number of ether oxygens (including phenoxy) is 4. The summed E-state index contributed by atoms with van der Waals surface area (Å²) in [4.78, 5) is 11.0. The van der Waals surface area contributed by atoms with Gasteiger partial charge in [0.2, 0.25) is 0 Å². The minimum Gasteiger partial charge on any atom is -0.466 e. The summed E-state index contributed by atoms with van der Waals surface area (Å²) in [6.45, 7) is 6.91. The highest BCUT2D eigenvalue weighted by atomic mass is 16.6. The fourth-order valence-electron chi connectivity index (χ4n) is 1.95. The van der Waals surface area contributed by atoms with Crippen LogP contribution in [0.1, 0.15) is 26.2 Å². The van der Waals surface area contributed by atoms with Crippen LogP contribution in [0.4, 0.5) is 0 Å². The number of hydrogen-bond donors (Lipinski definition) is 1. The number of carbonyl (C=O) groups excluding carboxylic acids is 1. The van der Waals surface area contributed by atoms with Crippen molar-refractivity contribution in [3.05, 3.63) is 0 Å². The van der Waals surface area contributed by atoms with Crippen LogP contribution in [0, 0.1) is 0 Å². The SMILES string of the molecule is CCOC(=O)CCOCCOCCOC1CCNCC1. The van der Waals surface area contributed by atoms with E-state index >= 15 is 0 Å². The molecule has 0 atom stereocenters. The van der Waals surface area contributed by atoms with Gasteiger partial charge in [0.05, 0.1) is 52.2 Å². The first-order valence-corrected chi connectivity index (χ1v) is 7.46. The number of piperidine rings is 1. The molecule has 0 aromatic heterocycles. The maximum absolute atomic E-state index is 11.0. The molecule has 1 aliphatic heterocycles. The van der Waals surface area contributed by atoms with Crippen molar-refractivity contribution in [2.75, 3.05) is 52.7 Å². The van der Waals surface area contributed by atoms with Crippen LogP contribution in [-0.4, -0.2) is 64.8 Å². The number of carbonyl (C=O) groups is 1. The number of hydrogen-bond acceptors (Lipinski definition) is 6. The smallest absolute Gasteiger partial charge is 0.308 e. The van der Waals surface area contributed by atoms with Crippen LogP contribution in [0.3, 0.4) is 0 Å². The van der Waals surface area contributed by atoms with Gasteiger partial charge in [0.1, 0.15) is 0 Å². The van der Waals surface area contributed by atoms with E-state index in [4.69, 9.17) is 18.9 Å². The zero-order valence-corrected chi connectivity index (χ0v) is 12.4. The Morgan fingerprint density at radius 2 is 1.70 bits per heavy atom. The molecule has 1 N–H and O–H groups in total. The Bertz CT molecular complexity index is 244. The molecule has 0 aromatic rings. The molecule has 118 valence electrons. The predicted octanol–water partition coefficient (Wildman–Crippen LogP) is 0.741. The summed E-state index contributed by atoms with van der Waals surface area (Å²) in [7, 11) is 0. The Balaban J connectivity index is 1.77. The summed E-state index contributed by atoms with van der Waals surface area (Å²) in [6.07, 6.45) is 2.83. The lowest BCUT2D eigenvalue weighted by molar-refractivity contribution is -0.144. The molecule has 0 saturated carbocycles. The second-order valence-corrected chi connectivity index (χ2v) is 4.60. The lowest BCUT2D eigenvalue weighted by Gasteiger charge is -2.22. The van der Waals surface area contributed by atoms with Crippen molar-refractivity contribution in [2.45, 2.75) is 32.3 Å². The van der Waals surface area contributed by atoms with Crippen molar-refractivity contribution in [1.82, 2.24) is 5.32 Å². The van der Waals surface area contributed by atoms with Gasteiger partial charge in [-0.3, -0.25) is 4.79 Å². The third-order valence-corrected chi connectivity index (χ3v) is 3.00. The van der Waals surface area contributed by atoms with E-state index in [-0.39, 0.29) is 5.97 Å². The molecule has 0 aromatic carbocycles. The quantitative estimate of drug-likeness (QED) is 0.447. The van der Waals surface area contributed by atoms with Crippen LogP contribution < -0.4 is 5.32 Å². The highest BCUT2D eigenvalue weighted by Gasteiger charge is 2.12. The predicted molar refractivity (Wildman–Crippen MR) is 74.7 cm³/mol. The molecule has 0 unspecified atom stereocenters. The van der Waals surface area contributed by atoms with Gasteiger partial charge in [-0.15, -0.1) is 0 Å². The Morgan fingerprint density at radius 1 is 1.05 bits per heavy atom. The summed E-state index contributed by atoms with van der Waals surface area (Å²) < 4.78 is 21.2. The molecule has 1 heterocycles. The average Bonchev–Trinajstić information content (AvgIpc) is 2.47. The van der Waals surface area contributed by atoms with Crippen LogP contribution in [0.5, 0.6) is 0 Å². The van der Waals surface area contributed by atoms with Crippen molar-refractivity contribution in [2.24, 2.45) is 0 Å². The lowest BCUT2D eigenvalue weighted by atomic mass is 10.1. The third-order valence-electron chi connectivity index (χ3n) is 3.00. The van der Waals surface area contributed by atoms with Crippen molar-refractivity contribution in [1.29, 1.82) is 0 Å². The number of esters is 1. The zero-order valence-electron chi connectivity index (χ0n) is 12.4. The number of nitrogens with one attached hydrogen (secondary N) is 1. The molecule has 0 radical (unpaired) electrons. The Morgan fingerprint density at radius 3 is 2.40 bits per heavy atom. The summed E-state index contributed by atoms with van der Waals surface area (Å²) in [6, 6.07) is 0. The van der Waals surface area contributed by atoms with Crippen LogP contribution in [0.15, 0.2) is 0 Å².